The van der Waals surface area contributed by atoms with Gasteiger partial charge in [0.1, 0.15) is 0 Å². The summed E-state index contributed by atoms with van der Waals surface area (Å²) in [6.45, 7) is 1.93. The molecule has 0 atom stereocenters. The first kappa shape index (κ1) is 10.9. The summed E-state index contributed by atoms with van der Waals surface area (Å²) in [6.07, 6.45) is 3.60. The van der Waals surface area contributed by atoms with Crippen LogP contribution in [0.4, 0.5) is 0 Å². The van der Waals surface area contributed by atoms with Crippen molar-refractivity contribution in [2.24, 2.45) is 0 Å². The smallest absolute Gasteiger partial charge is 0.336 e. The van der Waals surface area contributed by atoms with Crippen LogP contribution in [0, 0.1) is 6.92 Å². The number of rotatable bonds is 3. The van der Waals surface area contributed by atoms with Crippen LogP contribution < -0.4 is 0 Å². The fourth-order valence-electron chi connectivity index (χ4n) is 1.19. The Morgan fingerprint density at radius 3 is 2.86 bits per heavy atom. The third kappa shape index (κ3) is 2.64. The van der Waals surface area contributed by atoms with E-state index in [0.29, 0.717) is 11.3 Å². The summed E-state index contributed by atoms with van der Waals surface area (Å²) in [7, 11) is 0. The lowest BCUT2D eigenvalue weighted by molar-refractivity contribution is 0.0696. The lowest BCUT2D eigenvalue weighted by atomic mass is 10.0. The second-order valence-corrected chi connectivity index (χ2v) is 3.35. The average Bonchev–Trinajstić information content (AvgIpc) is 2.14. The molecule has 1 aromatic carbocycles. The largest absolute Gasteiger partial charge is 0.478 e. The quantitative estimate of drug-likeness (QED) is 0.749. The van der Waals surface area contributed by atoms with Crippen LogP contribution in [-0.2, 0) is 0 Å². The molecule has 0 unspecified atom stereocenters. The van der Waals surface area contributed by atoms with Crippen LogP contribution in [0.5, 0.6) is 0 Å². The van der Waals surface area contributed by atoms with E-state index in [4.69, 9.17) is 5.11 Å². The van der Waals surface area contributed by atoms with E-state index in [1.165, 1.54) is 0 Å². The molecule has 0 fully saturated rings. The molecule has 0 saturated carbocycles. The fourth-order valence-corrected chi connectivity index (χ4v) is 1.30. The van der Waals surface area contributed by atoms with Crippen molar-refractivity contribution < 1.29 is 9.90 Å². The minimum Gasteiger partial charge on any atom is -0.478 e. The van der Waals surface area contributed by atoms with E-state index < -0.39 is 5.97 Å². The molecule has 74 valence electrons. The molecule has 0 saturated heterocycles. The van der Waals surface area contributed by atoms with Crippen LogP contribution in [0.3, 0.4) is 0 Å². The van der Waals surface area contributed by atoms with Gasteiger partial charge < -0.3 is 5.11 Å². The summed E-state index contributed by atoms with van der Waals surface area (Å²) in [4.78, 5) is 10.8. The Labute approximate surface area is 88.7 Å². The topological polar surface area (TPSA) is 37.3 Å². The molecule has 1 N–H and O–H groups in total. The molecule has 1 aromatic rings. The van der Waals surface area contributed by atoms with E-state index in [1.807, 2.05) is 19.1 Å². The Balaban J connectivity index is 3.15. The number of thiol groups is 1. The van der Waals surface area contributed by atoms with Crippen molar-refractivity contribution in [2.45, 2.75) is 6.92 Å². The first-order chi connectivity index (χ1) is 6.65. The van der Waals surface area contributed by atoms with Gasteiger partial charge in [0.25, 0.3) is 0 Å². The van der Waals surface area contributed by atoms with Crippen LogP contribution in [0.25, 0.3) is 6.08 Å². The number of carboxylic acids is 1. The molecular weight excluding hydrogens is 196 g/mol. The molecule has 0 amide bonds. The molecule has 0 aromatic heterocycles. The fraction of sp³-hybridized carbons (Fsp3) is 0.182. The Bertz CT molecular complexity index is 370. The zero-order valence-electron chi connectivity index (χ0n) is 7.90. The van der Waals surface area contributed by atoms with Crippen molar-refractivity contribution in [1.29, 1.82) is 0 Å². The van der Waals surface area contributed by atoms with Crippen molar-refractivity contribution in [3.8, 4) is 0 Å². The van der Waals surface area contributed by atoms with E-state index in [9.17, 15) is 4.79 Å². The molecule has 0 spiro atoms. The van der Waals surface area contributed by atoms with Crippen LogP contribution in [0.15, 0.2) is 24.3 Å². The van der Waals surface area contributed by atoms with Gasteiger partial charge in [0, 0.05) is 5.75 Å². The minimum atomic E-state index is -0.899. The van der Waals surface area contributed by atoms with Gasteiger partial charge in [-0.25, -0.2) is 4.79 Å². The van der Waals surface area contributed by atoms with Gasteiger partial charge in [0.05, 0.1) is 5.56 Å². The zero-order chi connectivity index (χ0) is 10.6. The average molecular weight is 208 g/mol. The molecule has 0 aliphatic heterocycles. The Kier molecular flexibility index (Phi) is 3.77. The Hall–Kier alpha value is -1.22. The summed E-state index contributed by atoms with van der Waals surface area (Å²) >= 11 is 4.03. The van der Waals surface area contributed by atoms with Crippen molar-refractivity contribution >= 4 is 24.7 Å². The maximum atomic E-state index is 10.8. The molecule has 14 heavy (non-hydrogen) atoms. The van der Waals surface area contributed by atoms with Gasteiger partial charge >= 0.3 is 5.97 Å². The number of hydrogen-bond donors (Lipinski definition) is 2. The standard InChI is InChI=1S/C11H12O2S/c1-8-4-5-10(11(12)13)9(7-8)3-2-6-14/h2-5,7,14H,6H2,1H3,(H,12,13). The first-order valence-corrected chi connectivity index (χ1v) is 4.89. The summed E-state index contributed by atoms with van der Waals surface area (Å²) in [5.74, 6) is -0.295. The predicted molar refractivity (Wildman–Crippen MR) is 61.0 cm³/mol. The highest BCUT2D eigenvalue weighted by atomic mass is 32.1. The number of hydrogen-bond acceptors (Lipinski definition) is 2. The highest BCUT2D eigenvalue weighted by Gasteiger charge is 2.06. The van der Waals surface area contributed by atoms with Crippen molar-refractivity contribution in [2.75, 3.05) is 5.75 Å². The molecule has 0 aliphatic rings. The lowest BCUT2D eigenvalue weighted by Gasteiger charge is -2.02. The predicted octanol–water partition coefficient (Wildman–Crippen LogP) is 2.64. The number of aryl methyl sites for hydroxylation is 1. The van der Waals surface area contributed by atoms with Gasteiger partial charge in [-0.2, -0.15) is 12.6 Å². The second-order valence-electron chi connectivity index (χ2n) is 2.98. The van der Waals surface area contributed by atoms with Gasteiger partial charge in [-0.15, -0.1) is 0 Å². The van der Waals surface area contributed by atoms with E-state index in [0.717, 1.165) is 11.1 Å². The van der Waals surface area contributed by atoms with Gasteiger partial charge in [-0.05, 0) is 18.6 Å². The summed E-state index contributed by atoms with van der Waals surface area (Å²) in [5, 5.41) is 8.90. The highest BCUT2D eigenvalue weighted by Crippen LogP contribution is 2.13. The summed E-state index contributed by atoms with van der Waals surface area (Å²) in [6, 6.07) is 5.26. The molecule has 0 heterocycles. The molecule has 0 aliphatic carbocycles. The van der Waals surface area contributed by atoms with Gasteiger partial charge in [-0.3, -0.25) is 0 Å². The van der Waals surface area contributed by atoms with Crippen LogP contribution in [0.1, 0.15) is 21.5 Å². The van der Waals surface area contributed by atoms with E-state index in [-0.39, 0.29) is 0 Å². The maximum Gasteiger partial charge on any atom is 0.336 e. The van der Waals surface area contributed by atoms with Crippen LogP contribution in [-0.4, -0.2) is 16.8 Å². The summed E-state index contributed by atoms with van der Waals surface area (Å²) < 4.78 is 0. The highest BCUT2D eigenvalue weighted by molar-refractivity contribution is 7.80. The zero-order valence-corrected chi connectivity index (χ0v) is 8.79. The van der Waals surface area contributed by atoms with Crippen LogP contribution >= 0.6 is 12.6 Å². The molecule has 0 bridgehead atoms. The first-order valence-electron chi connectivity index (χ1n) is 4.26. The van der Waals surface area contributed by atoms with E-state index >= 15 is 0 Å². The molecule has 1 rings (SSSR count). The molecule has 3 heteroatoms. The van der Waals surface area contributed by atoms with Crippen molar-refractivity contribution in [3.05, 3.63) is 41.0 Å². The van der Waals surface area contributed by atoms with Crippen molar-refractivity contribution in [3.63, 3.8) is 0 Å². The van der Waals surface area contributed by atoms with Crippen molar-refractivity contribution in [1.82, 2.24) is 0 Å². The Morgan fingerprint density at radius 2 is 2.29 bits per heavy atom. The third-order valence-corrected chi connectivity index (χ3v) is 2.05. The number of aromatic carboxylic acids is 1. The van der Waals surface area contributed by atoms with E-state index in [1.54, 1.807) is 18.2 Å². The molecular formula is C11H12O2S. The number of benzene rings is 1. The molecule has 0 radical (unpaired) electrons. The molecule has 2 nitrogen and oxygen atoms in total. The maximum absolute atomic E-state index is 10.8. The number of carbonyl (C=O) groups is 1. The normalized spacial score (nSPS) is 10.7. The monoisotopic (exact) mass is 208 g/mol. The lowest BCUT2D eigenvalue weighted by Crippen LogP contribution is -1.99. The second kappa shape index (κ2) is 4.86. The van der Waals surface area contributed by atoms with Crippen LogP contribution in [0.2, 0.25) is 0 Å². The number of carboxylic acid groups (broad SMARTS) is 1. The summed E-state index contributed by atoms with van der Waals surface area (Å²) in [5.41, 5.74) is 2.11. The third-order valence-electron chi connectivity index (χ3n) is 1.84. The Morgan fingerprint density at radius 1 is 1.57 bits per heavy atom. The van der Waals surface area contributed by atoms with Gasteiger partial charge in [-0.1, -0.05) is 29.8 Å². The minimum absolute atomic E-state index is 0.327. The SMILES string of the molecule is Cc1ccc(C(=O)O)c(C=CCS)c1. The van der Waals surface area contributed by atoms with Gasteiger partial charge in [0.2, 0.25) is 0 Å². The van der Waals surface area contributed by atoms with Gasteiger partial charge in [0.15, 0.2) is 0 Å². The van der Waals surface area contributed by atoms with E-state index in [2.05, 4.69) is 12.6 Å².